The second-order valence-electron chi connectivity index (χ2n) is 5.38. The smallest absolute Gasteiger partial charge is 0.286 e. The Morgan fingerprint density at radius 2 is 1.92 bits per heavy atom. The van der Waals surface area contributed by atoms with E-state index in [-0.39, 0.29) is 12.4 Å². The molecule has 0 radical (unpaired) electrons. The van der Waals surface area contributed by atoms with E-state index in [1.54, 1.807) is 25.1 Å². The first kappa shape index (κ1) is 17.3. The fourth-order valence-corrected chi connectivity index (χ4v) is 2.95. The first-order valence-electron chi connectivity index (χ1n) is 7.49. The monoisotopic (exact) mass is 375 g/mol. The summed E-state index contributed by atoms with van der Waals surface area (Å²) in [5.41, 5.74) is 8.44. The molecule has 0 saturated heterocycles. The van der Waals surface area contributed by atoms with E-state index in [0.717, 1.165) is 15.8 Å². The first-order valence-corrected chi connectivity index (χ1v) is 8.24. The van der Waals surface area contributed by atoms with Crippen molar-refractivity contribution in [3.63, 3.8) is 0 Å². The molecule has 0 bridgehead atoms. The normalized spacial score (nSPS) is 10.7. The molecule has 7 heteroatoms. The molecule has 25 heavy (non-hydrogen) atoms. The molecule has 2 N–H and O–H groups in total. The molecular formula is C18H15Cl2N3O2. The maximum absolute atomic E-state index is 12.4. The van der Waals surface area contributed by atoms with Crippen LogP contribution in [0.5, 0.6) is 5.75 Å². The average molecular weight is 376 g/mol. The number of carbonyl (C=O) groups excluding carboxylic acids is 1. The van der Waals surface area contributed by atoms with Gasteiger partial charge in [0.15, 0.2) is 6.61 Å². The third-order valence-electron chi connectivity index (χ3n) is 3.64. The number of anilines is 1. The van der Waals surface area contributed by atoms with Gasteiger partial charge in [0, 0.05) is 10.6 Å². The molecule has 0 fully saturated rings. The van der Waals surface area contributed by atoms with E-state index in [2.05, 4.69) is 5.10 Å². The summed E-state index contributed by atoms with van der Waals surface area (Å²) in [5, 5.41) is 5.06. The molecule has 128 valence electrons. The molecule has 0 aliphatic rings. The Balaban J connectivity index is 1.81. The summed E-state index contributed by atoms with van der Waals surface area (Å²) in [4.78, 5) is 12.4. The molecule has 0 amide bonds. The zero-order chi connectivity index (χ0) is 18.0. The van der Waals surface area contributed by atoms with Gasteiger partial charge in [-0.1, -0.05) is 53.5 Å². The van der Waals surface area contributed by atoms with Crippen molar-refractivity contribution in [2.75, 3.05) is 12.3 Å². The Bertz CT molecular complexity index is 924. The van der Waals surface area contributed by atoms with Crippen LogP contribution in [0.2, 0.25) is 10.0 Å². The maximum Gasteiger partial charge on any atom is 0.286 e. The van der Waals surface area contributed by atoms with Crippen LogP contribution in [0.25, 0.3) is 11.1 Å². The quantitative estimate of drug-likeness (QED) is 0.730. The van der Waals surface area contributed by atoms with Crippen LogP contribution in [0, 0.1) is 6.92 Å². The third kappa shape index (κ3) is 3.62. The fraction of sp³-hybridized carbons (Fsp3) is 0.111. The number of nitrogen functional groups attached to an aromatic ring is 1. The minimum Gasteiger partial charge on any atom is -0.482 e. The van der Waals surface area contributed by atoms with E-state index in [1.807, 2.05) is 30.3 Å². The van der Waals surface area contributed by atoms with E-state index in [4.69, 9.17) is 33.7 Å². The lowest BCUT2D eigenvalue weighted by atomic mass is 10.1. The minimum atomic E-state index is -0.395. The lowest BCUT2D eigenvalue weighted by molar-refractivity contribution is 0.0824. The Hall–Kier alpha value is -2.50. The lowest BCUT2D eigenvalue weighted by Gasteiger charge is -2.08. The fourth-order valence-electron chi connectivity index (χ4n) is 2.49. The van der Waals surface area contributed by atoms with Crippen molar-refractivity contribution in [3.05, 3.63) is 64.3 Å². The molecule has 0 unspecified atom stereocenters. The summed E-state index contributed by atoms with van der Waals surface area (Å²) in [5.74, 6) is 0.249. The number of rotatable bonds is 4. The van der Waals surface area contributed by atoms with Gasteiger partial charge in [-0.15, -0.1) is 0 Å². The zero-order valence-electron chi connectivity index (χ0n) is 13.4. The topological polar surface area (TPSA) is 70.1 Å². The van der Waals surface area contributed by atoms with E-state index in [1.165, 1.54) is 0 Å². The molecule has 3 aromatic rings. The molecule has 0 atom stereocenters. The number of aryl methyl sites for hydroxylation is 1. The van der Waals surface area contributed by atoms with Crippen LogP contribution < -0.4 is 10.5 Å². The van der Waals surface area contributed by atoms with Gasteiger partial charge in [0.05, 0.1) is 10.7 Å². The van der Waals surface area contributed by atoms with Crippen molar-refractivity contribution in [3.8, 4) is 16.9 Å². The Morgan fingerprint density at radius 1 is 1.20 bits per heavy atom. The number of carbonyl (C=O) groups is 1. The van der Waals surface area contributed by atoms with Gasteiger partial charge < -0.3 is 10.5 Å². The van der Waals surface area contributed by atoms with E-state index in [0.29, 0.717) is 21.5 Å². The molecule has 0 aliphatic heterocycles. The van der Waals surface area contributed by atoms with Crippen LogP contribution >= 0.6 is 23.2 Å². The number of nitrogens with zero attached hydrogens (tertiary/aromatic N) is 2. The largest absolute Gasteiger partial charge is 0.482 e. The van der Waals surface area contributed by atoms with Gasteiger partial charge in [-0.3, -0.25) is 4.79 Å². The summed E-state index contributed by atoms with van der Waals surface area (Å²) >= 11 is 11.9. The highest BCUT2D eigenvalue weighted by atomic mass is 35.5. The Kier molecular flexibility index (Phi) is 4.97. The van der Waals surface area contributed by atoms with Crippen LogP contribution in [0.3, 0.4) is 0 Å². The molecule has 1 heterocycles. The maximum atomic E-state index is 12.4. The zero-order valence-corrected chi connectivity index (χ0v) is 14.9. The number of hydrogen-bond donors (Lipinski definition) is 1. The van der Waals surface area contributed by atoms with E-state index >= 15 is 0 Å². The van der Waals surface area contributed by atoms with Crippen LogP contribution in [-0.4, -0.2) is 22.3 Å². The van der Waals surface area contributed by atoms with Crippen LogP contribution in [0.15, 0.2) is 48.5 Å². The SMILES string of the molecule is Cc1nn(C(=O)COc2ccc(Cl)cc2Cl)c(N)c1-c1ccccc1. The molecule has 3 rings (SSSR count). The third-order valence-corrected chi connectivity index (χ3v) is 4.17. The van der Waals surface area contributed by atoms with Gasteiger partial charge in [-0.25, -0.2) is 0 Å². The van der Waals surface area contributed by atoms with Crippen LogP contribution in [0.4, 0.5) is 5.82 Å². The van der Waals surface area contributed by atoms with Gasteiger partial charge in [-0.05, 0) is 30.7 Å². The second kappa shape index (κ2) is 7.17. The van der Waals surface area contributed by atoms with Crippen molar-refractivity contribution >= 4 is 34.9 Å². The summed E-state index contributed by atoms with van der Waals surface area (Å²) in [6.45, 7) is 1.56. The number of halogens is 2. The summed E-state index contributed by atoms with van der Waals surface area (Å²) < 4.78 is 6.62. The second-order valence-corrected chi connectivity index (χ2v) is 6.22. The van der Waals surface area contributed by atoms with E-state index in [9.17, 15) is 4.79 Å². The van der Waals surface area contributed by atoms with E-state index < -0.39 is 5.91 Å². The standard InChI is InChI=1S/C18H15Cl2N3O2/c1-11-17(12-5-3-2-4-6-12)18(21)23(22-11)16(24)10-25-15-8-7-13(19)9-14(15)20/h2-9H,10,21H2,1H3. The molecular weight excluding hydrogens is 361 g/mol. The highest BCUT2D eigenvalue weighted by Crippen LogP contribution is 2.30. The number of ether oxygens (including phenoxy) is 1. The van der Waals surface area contributed by atoms with Crippen LogP contribution in [0.1, 0.15) is 10.5 Å². The lowest BCUT2D eigenvalue weighted by Crippen LogP contribution is -2.22. The number of hydrogen-bond acceptors (Lipinski definition) is 4. The van der Waals surface area contributed by atoms with Gasteiger partial charge in [-0.2, -0.15) is 9.78 Å². The van der Waals surface area contributed by atoms with Crippen molar-refractivity contribution in [2.24, 2.45) is 0 Å². The van der Waals surface area contributed by atoms with Gasteiger partial charge in [0.1, 0.15) is 11.6 Å². The average Bonchev–Trinajstić information content (AvgIpc) is 2.89. The van der Waals surface area contributed by atoms with Crippen molar-refractivity contribution in [2.45, 2.75) is 6.92 Å². The molecule has 5 nitrogen and oxygen atoms in total. The predicted octanol–water partition coefficient (Wildman–Crippen LogP) is 4.47. The number of aromatic nitrogens is 2. The highest BCUT2D eigenvalue weighted by Gasteiger charge is 2.19. The minimum absolute atomic E-state index is 0.249. The van der Waals surface area contributed by atoms with Gasteiger partial charge in [0.2, 0.25) is 0 Å². The Morgan fingerprint density at radius 3 is 2.60 bits per heavy atom. The number of benzene rings is 2. The number of nitrogens with two attached hydrogens (primary N) is 1. The van der Waals surface area contributed by atoms with Crippen molar-refractivity contribution in [1.82, 2.24) is 9.78 Å². The summed E-state index contributed by atoms with van der Waals surface area (Å²) in [7, 11) is 0. The molecule has 2 aromatic carbocycles. The first-order chi connectivity index (χ1) is 12.0. The van der Waals surface area contributed by atoms with Gasteiger partial charge in [0.25, 0.3) is 5.91 Å². The van der Waals surface area contributed by atoms with Gasteiger partial charge >= 0.3 is 0 Å². The van der Waals surface area contributed by atoms with Crippen molar-refractivity contribution < 1.29 is 9.53 Å². The molecule has 1 aromatic heterocycles. The molecule has 0 spiro atoms. The van der Waals surface area contributed by atoms with Crippen LogP contribution in [-0.2, 0) is 0 Å². The predicted molar refractivity (Wildman–Crippen MR) is 99.4 cm³/mol. The molecule has 0 saturated carbocycles. The Labute approximate surface area is 154 Å². The molecule has 0 aliphatic carbocycles. The van der Waals surface area contributed by atoms with Crippen molar-refractivity contribution in [1.29, 1.82) is 0 Å². The summed E-state index contributed by atoms with van der Waals surface area (Å²) in [6, 6.07) is 14.3. The summed E-state index contributed by atoms with van der Waals surface area (Å²) in [6.07, 6.45) is 0. The highest BCUT2D eigenvalue weighted by molar-refractivity contribution is 6.35.